The van der Waals surface area contributed by atoms with Crippen molar-refractivity contribution in [1.29, 1.82) is 0 Å². The Balaban J connectivity index is 1.64. The second kappa shape index (κ2) is 8.03. The average Bonchev–Trinajstić information content (AvgIpc) is 2.69. The first-order chi connectivity index (χ1) is 12.2. The fourth-order valence-corrected chi connectivity index (χ4v) is 3.17. The Hall–Kier alpha value is -2.53. The monoisotopic (exact) mass is 340 g/mol. The van der Waals surface area contributed by atoms with Crippen molar-refractivity contribution in [2.75, 3.05) is 45.3 Å². The van der Waals surface area contributed by atoms with Crippen LogP contribution in [0.2, 0.25) is 0 Å². The molecule has 25 heavy (non-hydrogen) atoms. The molecule has 132 valence electrons. The van der Waals surface area contributed by atoms with E-state index >= 15 is 0 Å². The van der Waals surface area contributed by atoms with Gasteiger partial charge in [-0.15, -0.1) is 0 Å². The first-order valence-corrected chi connectivity index (χ1v) is 8.48. The van der Waals surface area contributed by atoms with Gasteiger partial charge in [0.05, 0.1) is 7.11 Å². The number of anilines is 1. The molecule has 1 heterocycles. The van der Waals surface area contributed by atoms with Crippen molar-refractivity contribution >= 4 is 11.6 Å². The molecule has 2 aromatic carbocycles. The van der Waals surface area contributed by atoms with Crippen LogP contribution in [0.3, 0.4) is 0 Å². The highest BCUT2D eigenvalue weighted by Crippen LogP contribution is 2.24. The highest BCUT2D eigenvalue weighted by molar-refractivity contribution is 5.82. The second-order valence-corrected chi connectivity index (χ2v) is 6.04. The molecule has 1 fully saturated rings. The van der Waals surface area contributed by atoms with Gasteiger partial charge in [-0.3, -0.25) is 4.79 Å². The predicted molar refractivity (Wildman–Crippen MR) is 98.0 cm³/mol. The predicted octanol–water partition coefficient (Wildman–Crippen LogP) is 2.73. The van der Waals surface area contributed by atoms with E-state index in [2.05, 4.69) is 11.0 Å². The minimum atomic E-state index is -0.537. The van der Waals surface area contributed by atoms with Crippen molar-refractivity contribution in [1.82, 2.24) is 4.90 Å². The Labute approximate surface area is 148 Å². The SMILES string of the molecule is COc1cccc(N2CCN(C(=O)C(OC)c3ccccc3)CC2)c1. The standard InChI is InChI=1S/C20H24N2O3/c1-24-18-10-6-9-17(15-18)21-11-13-22(14-12-21)20(23)19(25-2)16-7-4-3-5-8-16/h3-10,15,19H,11-14H2,1-2H3. The summed E-state index contributed by atoms with van der Waals surface area (Å²) in [5, 5.41) is 0. The van der Waals surface area contributed by atoms with Gasteiger partial charge in [-0.1, -0.05) is 36.4 Å². The molecule has 0 spiro atoms. The van der Waals surface area contributed by atoms with Gasteiger partial charge in [-0.05, 0) is 17.7 Å². The number of rotatable bonds is 5. The Morgan fingerprint density at radius 3 is 2.32 bits per heavy atom. The molecule has 1 amide bonds. The molecule has 1 saturated heterocycles. The molecule has 0 radical (unpaired) electrons. The summed E-state index contributed by atoms with van der Waals surface area (Å²) in [5.41, 5.74) is 2.02. The van der Waals surface area contributed by atoms with Crippen LogP contribution in [0.1, 0.15) is 11.7 Å². The normalized spacial score (nSPS) is 15.8. The Morgan fingerprint density at radius 1 is 0.960 bits per heavy atom. The lowest BCUT2D eigenvalue weighted by atomic mass is 10.1. The summed E-state index contributed by atoms with van der Waals surface area (Å²) in [5.74, 6) is 0.874. The Kier molecular flexibility index (Phi) is 5.56. The van der Waals surface area contributed by atoms with E-state index in [0.29, 0.717) is 13.1 Å². The number of nitrogens with zero attached hydrogens (tertiary/aromatic N) is 2. The van der Waals surface area contributed by atoms with Gasteiger partial charge < -0.3 is 19.3 Å². The Morgan fingerprint density at radius 2 is 1.68 bits per heavy atom. The third-order valence-corrected chi connectivity index (χ3v) is 4.57. The number of hydrogen-bond donors (Lipinski definition) is 0. The zero-order valence-corrected chi connectivity index (χ0v) is 14.7. The quantitative estimate of drug-likeness (QED) is 0.839. The Bertz CT molecular complexity index is 697. The number of hydrogen-bond acceptors (Lipinski definition) is 4. The number of piperazine rings is 1. The number of carbonyl (C=O) groups is 1. The largest absolute Gasteiger partial charge is 0.497 e. The molecule has 2 aromatic rings. The maximum absolute atomic E-state index is 12.8. The smallest absolute Gasteiger partial charge is 0.256 e. The van der Waals surface area contributed by atoms with Crippen molar-refractivity contribution < 1.29 is 14.3 Å². The molecule has 3 rings (SSSR count). The molecule has 1 aliphatic rings. The topological polar surface area (TPSA) is 42.0 Å². The highest BCUT2D eigenvalue weighted by atomic mass is 16.5. The van der Waals surface area contributed by atoms with Crippen LogP contribution in [-0.2, 0) is 9.53 Å². The van der Waals surface area contributed by atoms with Crippen molar-refractivity contribution in [3.63, 3.8) is 0 Å². The minimum absolute atomic E-state index is 0.0268. The maximum atomic E-state index is 12.8. The zero-order chi connectivity index (χ0) is 17.6. The third-order valence-electron chi connectivity index (χ3n) is 4.57. The minimum Gasteiger partial charge on any atom is -0.497 e. The summed E-state index contributed by atoms with van der Waals surface area (Å²) < 4.78 is 10.8. The third kappa shape index (κ3) is 3.94. The second-order valence-electron chi connectivity index (χ2n) is 6.04. The summed E-state index contributed by atoms with van der Waals surface area (Å²) >= 11 is 0. The molecule has 0 aromatic heterocycles. The molecule has 0 aliphatic carbocycles. The molecule has 1 unspecified atom stereocenters. The lowest BCUT2D eigenvalue weighted by molar-refractivity contribution is -0.142. The van der Waals surface area contributed by atoms with Gasteiger partial charge in [-0.2, -0.15) is 0 Å². The van der Waals surface area contributed by atoms with Crippen LogP contribution in [0.5, 0.6) is 5.75 Å². The van der Waals surface area contributed by atoms with Crippen molar-refractivity contribution in [3.05, 3.63) is 60.2 Å². The maximum Gasteiger partial charge on any atom is 0.256 e. The van der Waals surface area contributed by atoms with Crippen LogP contribution < -0.4 is 9.64 Å². The van der Waals surface area contributed by atoms with E-state index in [1.807, 2.05) is 53.4 Å². The lowest BCUT2D eigenvalue weighted by Crippen LogP contribution is -2.50. The molecule has 5 heteroatoms. The molecular weight excluding hydrogens is 316 g/mol. The fraction of sp³-hybridized carbons (Fsp3) is 0.350. The van der Waals surface area contributed by atoms with Gasteiger partial charge in [0.25, 0.3) is 5.91 Å². The summed E-state index contributed by atoms with van der Waals surface area (Å²) in [6.45, 7) is 2.96. The van der Waals surface area contributed by atoms with Crippen molar-refractivity contribution in [3.8, 4) is 5.75 Å². The lowest BCUT2D eigenvalue weighted by Gasteiger charge is -2.37. The zero-order valence-electron chi connectivity index (χ0n) is 14.7. The van der Waals surface area contributed by atoms with Crippen LogP contribution in [-0.4, -0.2) is 51.2 Å². The molecular formula is C20H24N2O3. The van der Waals surface area contributed by atoms with Gasteiger partial charge in [0.1, 0.15) is 5.75 Å². The molecule has 1 atom stereocenters. The van der Waals surface area contributed by atoms with Crippen LogP contribution in [0.25, 0.3) is 0 Å². The van der Waals surface area contributed by atoms with Crippen molar-refractivity contribution in [2.24, 2.45) is 0 Å². The first-order valence-electron chi connectivity index (χ1n) is 8.48. The van der Waals surface area contributed by atoms with Gasteiger partial charge in [0.15, 0.2) is 6.10 Å². The fourth-order valence-electron chi connectivity index (χ4n) is 3.17. The number of benzene rings is 2. The van der Waals surface area contributed by atoms with Crippen LogP contribution >= 0.6 is 0 Å². The molecule has 0 saturated carbocycles. The van der Waals surface area contributed by atoms with Crippen molar-refractivity contribution in [2.45, 2.75) is 6.10 Å². The van der Waals surface area contributed by atoms with E-state index < -0.39 is 6.10 Å². The average molecular weight is 340 g/mol. The first kappa shape index (κ1) is 17.3. The number of methoxy groups -OCH3 is 2. The van der Waals surface area contributed by atoms with Crippen LogP contribution in [0.4, 0.5) is 5.69 Å². The van der Waals surface area contributed by atoms with Crippen LogP contribution in [0, 0.1) is 0 Å². The molecule has 5 nitrogen and oxygen atoms in total. The van der Waals surface area contributed by atoms with E-state index in [9.17, 15) is 4.79 Å². The van der Waals surface area contributed by atoms with Gasteiger partial charge in [-0.25, -0.2) is 0 Å². The van der Waals surface area contributed by atoms with E-state index in [1.54, 1.807) is 14.2 Å². The van der Waals surface area contributed by atoms with Crippen LogP contribution in [0.15, 0.2) is 54.6 Å². The summed E-state index contributed by atoms with van der Waals surface area (Å²) in [7, 11) is 3.26. The van der Waals surface area contributed by atoms with E-state index in [-0.39, 0.29) is 5.91 Å². The highest BCUT2D eigenvalue weighted by Gasteiger charge is 2.28. The summed E-state index contributed by atoms with van der Waals surface area (Å²) in [6.07, 6.45) is -0.537. The number of amides is 1. The van der Waals surface area contributed by atoms with E-state index in [0.717, 1.165) is 30.1 Å². The number of ether oxygens (including phenoxy) is 2. The van der Waals surface area contributed by atoms with Gasteiger partial charge in [0, 0.05) is 45.0 Å². The molecule has 1 aliphatic heterocycles. The van der Waals surface area contributed by atoms with Gasteiger partial charge in [0.2, 0.25) is 0 Å². The van der Waals surface area contributed by atoms with E-state index in [4.69, 9.17) is 9.47 Å². The van der Waals surface area contributed by atoms with Gasteiger partial charge >= 0.3 is 0 Å². The van der Waals surface area contributed by atoms with E-state index in [1.165, 1.54) is 0 Å². The summed E-state index contributed by atoms with van der Waals surface area (Å²) in [6, 6.07) is 17.7. The number of carbonyl (C=O) groups excluding carboxylic acids is 1. The summed E-state index contributed by atoms with van der Waals surface area (Å²) in [4.78, 5) is 17.0. The molecule has 0 bridgehead atoms. The molecule has 0 N–H and O–H groups in total.